The van der Waals surface area contributed by atoms with Crippen molar-refractivity contribution in [1.82, 2.24) is 15.5 Å². The minimum Gasteiger partial charge on any atom is -0.434 e. The second kappa shape index (κ2) is 9.54. The quantitative estimate of drug-likeness (QED) is 0.281. The van der Waals surface area contributed by atoms with Gasteiger partial charge < -0.3 is 20.1 Å². The van der Waals surface area contributed by atoms with Gasteiger partial charge in [-0.3, -0.25) is 19.3 Å². The molecule has 0 radical (unpaired) electrons. The summed E-state index contributed by atoms with van der Waals surface area (Å²) in [6.45, 7) is 1.80. The zero-order chi connectivity index (χ0) is 20.1. The first-order valence-electron chi connectivity index (χ1n) is 7.20. The van der Waals surface area contributed by atoms with Crippen LogP contribution in [0.25, 0.3) is 0 Å². The van der Waals surface area contributed by atoms with E-state index < -0.39 is 40.5 Å². The molecule has 1 saturated heterocycles. The van der Waals surface area contributed by atoms with E-state index in [1.165, 1.54) is 13.8 Å². The van der Waals surface area contributed by atoms with E-state index in [1.807, 2.05) is 0 Å². The van der Waals surface area contributed by atoms with Gasteiger partial charge in [-0.05, 0) is 18.6 Å². The number of β-lactam (4-membered cyclic amide) rings is 1. The summed E-state index contributed by atoms with van der Waals surface area (Å²) < 4.78 is 7.59. The highest BCUT2D eigenvalue weighted by atomic mass is 35.6. The van der Waals surface area contributed by atoms with Crippen molar-refractivity contribution in [1.29, 1.82) is 0 Å². The summed E-state index contributed by atoms with van der Waals surface area (Å²) >= 11 is 21.3. The minimum absolute atomic E-state index is 0.0891. The maximum Gasteiger partial charge on any atom is 0.508 e. The summed E-state index contributed by atoms with van der Waals surface area (Å²) in [6.07, 6.45) is -1.74. The molecule has 0 unspecified atom stereocenters. The maximum absolute atomic E-state index is 11.8. The molecule has 1 aliphatic heterocycles. The van der Waals surface area contributed by atoms with Crippen molar-refractivity contribution < 1.29 is 28.7 Å². The highest BCUT2D eigenvalue weighted by molar-refractivity contribution is 7.80. The van der Waals surface area contributed by atoms with Gasteiger partial charge in [0.15, 0.2) is 5.11 Å². The Balaban J connectivity index is 2.56. The fourth-order valence-electron chi connectivity index (χ4n) is 2.06. The Morgan fingerprint density at radius 3 is 2.35 bits per heavy atom. The number of carbonyl (C=O) groups excluding carboxylic acids is 4. The van der Waals surface area contributed by atoms with E-state index in [0.717, 1.165) is 4.90 Å². The van der Waals surface area contributed by atoms with Crippen molar-refractivity contribution in [2.24, 2.45) is 5.92 Å². The van der Waals surface area contributed by atoms with Crippen LogP contribution in [0.4, 0.5) is 4.79 Å². The number of nitrogens with zero attached hydrogens (tertiary/aromatic N) is 1. The van der Waals surface area contributed by atoms with Crippen LogP contribution >= 0.6 is 47.0 Å². The largest absolute Gasteiger partial charge is 0.508 e. The lowest BCUT2D eigenvalue weighted by molar-refractivity contribution is -0.145. The maximum atomic E-state index is 11.8. The Labute approximate surface area is 169 Å². The Hall–Kier alpha value is -1.36. The van der Waals surface area contributed by atoms with Crippen molar-refractivity contribution in [2.75, 3.05) is 13.2 Å². The molecule has 1 fully saturated rings. The number of carbonyl (C=O) groups is 4. The molecule has 3 amide bonds. The number of hydrogen-bond acceptors (Lipinski definition) is 7. The monoisotopic (exact) mass is 447 g/mol. The zero-order valence-corrected chi connectivity index (χ0v) is 16.8. The summed E-state index contributed by atoms with van der Waals surface area (Å²) in [5.41, 5.74) is 0. The average Bonchev–Trinajstić information content (AvgIpc) is 2.47. The van der Waals surface area contributed by atoms with Crippen molar-refractivity contribution in [3.05, 3.63) is 0 Å². The van der Waals surface area contributed by atoms with Gasteiger partial charge >= 0.3 is 6.16 Å². The van der Waals surface area contributed by atoms with Crippen LogP contribution in [0.5, 0.6) is 0 Å². The molecule has 2 atom stereocenters. The molecular formula is C13H16Cl3N3O6S. The molecule has 13 heteroatoms. The van der Waals surface area contributed by atoms with E-state index in [2.05, 4.69) is 15.4 Å². The molecule has 0 aromatic heterocycles. The summed E-state index contributed by atoms with van der Waals surface area (Å²) in [5.74, 6) is -1.97. The van der Waals surface area contributed by atoms with Gasteiger partial charge in [0.05, 0.1) is 12.5 Å². The van der Waals surface area contributed by atoms with E-state index >= 15 is 0 Å². The third-order valence-electron chi connectivity index (χ3n) is 3.13. The van der Waals surface area contributed by atoms with E-state index in [1.54, 1.807) is 0 Å². The topological polar surface area (TPSA) is 114 Å². The molecule has 1 aliphatic rings. The van der Waals surface area contributed by atoms with Gasteiger partial charge in [0, 0.05) is 13.8 Å². The van der Waals surface area contributed by atoms with E-state index in [4.69, 9.17) is 51.8 Å². The van der Waals surface area contributed by atoms with Gasteiger partial charge in [-0.15, -0.1) is 0 Å². The molecule has 146 valence electrons. The lowest BCUT2D eigenvalue weighted by Gasteiger charge is -2.43. The number of ether oxygens (including phenoxy) is 2. The molecule has 0 aromatic rings. The summed E-state index contributed by atoms with van der Waals surface area (Å²) in [7, 11) is 0. The van der Waals surface area contributed by atoms with Crippen LogP contribution in [0.2, 0.25) is 0 Å². The third-order valence-corrected chi connectivity index (χ3v) is 3.76. The fraction of sp³-hybridized carbons (Fsp3) is 0.615. The number of rotatable bonds is 5. The first kappa shape index (κ1) is 22.7. The van der Waals surface area contributed by atoms with Crippen LogP contribution in [0.1, 0.15) is 20.3 Å². The summed E-state index contributed by atoms with van der Waals surface area (Å²) in [6, 6.07) is 0. The fourth-order valence-corrected chi connectivity index (χ4v) is 2.61. The predicted octanol–water partition coefficient (Wildman–Crippen LogP) is 1.24. The molecular weight excluding hydrogens is 433 g/mol. The van der Waals surface area contributed by atoms with Crippen molar-refractivity contribution in [3.8, 4) is 0 Å². The molecule has 0 aliphatic carbocycles. The van der Waals surface area contributed by atoms with Gasteiger partial charge in [-0.25, -0.2) is 4.79 Å². The van der Waals surface area contributed by atoms with E-state index in [9.17, 15) is 19.2 Å². The number of halogens is 3. The molecule has 0 spiro atoms. The lowest BCUT2D eigenvalue weighted by Crippen LogP contribution is -2.69. The molecule has 2 N–H and O–H groups in total. The predicted molar refractivity (Wildman–Crippen MR) is 96.6 cm³/mol. The smallest absolute Gasteiger partial charge is 0.434 e. The number of thiocarbonyl (C=S) groups is 1. The van der Waals surface area contributed by atoms with Crippen LogP contribution in [-0.4, -0.2) is 57.1 Å². The van der Waals surface area contributed by atoms with Crippen molar-refractivity contribution in [2.45, 2.75) is 30.2 Å². The minimum atomic E-state index is -1.76. The molecule has 1 rings (SSSR count). The second-order valence-corrected chi connectivity index (χ2v) is 8.13. The molecule has 0 bridgehead atoms. The van der Waals surface area contributed by atoms with Gasteiger partial charge in [0.1, 0.15) is 12.8 Å². The van der Waals surface area contributed by atoms with Crippen LogP contribution in [0.15, 0.2) is 0 Å². The highest BCUT2D eigenvalue weighted by Gasteiger charge is 2.45. The summed E-state index contributed by atoms with van der Waals surface area (Å²) in [4.78, 5) is 47.1. The van der Waals surface area contributed by atoms with Gasteiger partial charge in [-0.1, -0.05) is 34.8 Å². The molecule has 1 heterocycles. The molecule has 0 aromatic carbocycles. The normalized spacial score (nSPS) is 18.9. The Morgan fingerprint density at radius 1 is 1.27 bits per heavy atom. The number of hydrogen-bond donors (Lipinski definition) is 2. The first-order valence-corrected chi connectivity index (χ1v) is 8.74. The first-order chi connectivity index (χ1) is 11.9. The standard InChI is InChI=1S/C13H16Cl3N3O6S/c1-6(20)17-11(26)19(7(2)21)9-8(10(22)18-9)3-4-24-12(23)25-5-13(14,15)16/h8-9H,3-5H2,1-2H3,(H,18,22)(H,17,20,26)/t8-,9-/m1/s1. The van der Waals surface area contributed by atoms with Crippen LogP contribution in [0, 0.1) is 5.92 Å². The molecule has 26 heavy (non-hydrogen) atoms. The van der Waals surface area contributed by atoms with Gasteiger partial charge in [-0.2, -0.15) is 0 Å². The Bertz CT molecular complexity index is 612. The second-order valence-electron chi connectivity index (χ2n) is 5.23. The Kier molecular flexibility index (Phi) is 8.32. The van der Waals surface area contributed by atoms with E-state index in [0.29, 0.717) is 0 Å². The number of nitrogens with one attached hydrogen (secondary N) is 2. The van der Waals surface area contributed by atoms with E-state index in [-0.39, 0.29) is 24.0 Å². The van der Waals surface area contributed by atoms with Crippen LogP contribution in [-0.2, 0) is 23.9 Å². The van der Waals surface area contributed by atoms with Gasteiger partial charge in [0.2, 0.25) is 21.5 Å². The average molecular weight is 449 g/mol. The highest BCUT2D eigenvalue weighted by Crippen LogP contribution is 2.26. The van der Waals surface area contributed by atoms with Crippen molar-refractivity contribution >= 4 is 76.0 Å². The molecule has 9 nitrogen and oxygen atoms in total. The van der Waals surface area contributed by atoms with Crippen LogP contribution < -0.4 is 10.6 Å². The third kappa shape index (κ3) is 7.10. The Morgan fingerprint density at radius 2 is 1.88 bits per heavy atom. The SMILES string of the molecule is CC(=O)NC(=S)N(C(C)=O)[C@H]1NC(=O)[C@@H]1CCOC(=O)OCC(Cl)(Cl)Cl. The summed E-state index contributed by atoms with van der Waals surface area (Å²) in [5, 5.41) is 4.70. The number of alkyl halides is 3. The van der Waals surface area contributed by atoms with Crippen molar-refractivity contribution in [3.63, 3.8) is 0 Å². The molecule has 0 saturated carbocycles. The van der Waals surface area contributed by atoms with Gasteiger partial charge in [0.25, 0.3) is 0 Å². The van der Waals surface area contributed by atoms with Crippen LogP contribution in [0.3, 0.4) is 0 Å². The zero-order valence-electron chi connectivity index (χ0n) is 13.7. The lowest BCUT2D eigenvalue weighted by atomic mass is 9.92. The number of amides is 3.